The Hall–Kier alpha value is -2.07. The summed E-state index contributed by atoms with van der Waals surface area (Å²) in [6.45, 7) is 8.03. The summed E-state index contributed by atoms with van der Waals surface area (Å²) in [5.74, 6) is 18.3. The second-order valence-electron chi connectivity index (χ2n) is 4.17. The van der Waals surface area contributed by atoms with E-state index >= 15 is 0 Å². The topological polar surface area (TPSA) is 26.3 Å². The van der Waals surface area contributed by atoms with Crippen molar-refractivity contribution in [2.75, 3.05) is 6.61 Å². The lowest BCUT2D eigenvalue weighted by Crippen LogP contribution is -2.29. The SMILES string of the molecule is CC[Si](C#CC#CC#CC#CCOC(C)=O)(CC)CC. The van der Waals surface area contributed by atoms with E-state index in [1.54, 1.807) is 0 Å². The molecule has 0 aromatic heterocycles. The van der Waals surface area contributed by atoms with Gasteiger partial charge in [0, 0.05) is 6.92 Å². The summed E-state index contributed by atoms with van der Waals surface area (Å²) in [5.41, 5.74) is 3.36. The minimum atomic E-state index is -1.40. The third kappa shape index (κ3) is 8.10. The number of carbonyl (C=O) groups is 1. The van der Waals surface area contributed by atoms with Crippen LogP contribution in [-0.4, -0.2) is 20.7 Å². The Kier molecular flexibility index (Phi) is 9.69. The molecule has 0 aliphatic heterocycles. The van der Waals surface area contributed by atoms with E-state index in [4.69, 9.17) is 0 Å². The van der Waals surface area contributed by atoms with Crippen molar-refractivity contribution in [3.63, 3.8) is 0 Å². The Bertz CT molecular complexity index is 547. The minimum absolute atomic E-state index is 0.0644. The average molecular weight is 284 g/mol. The highest BCUT2D eigenvalue weighted by atomic mass is 28.3. The van der Waals surface area contributed by atoms with Crippen LogP contribution in [0.5, 0.6) is 0 Å². The number of esters is 1. The molecule has 0 radical (unpaired) electrons. The molecular formula is C17H20O2Si. The second-order valence-corrected chi connectivity index (χ2v) is 9.11. The van der Waals surface area contributed by atoms with E-state index in [0.29, 0.717) is 0 Å². The Balaban J connectivity index is 4.41. The fourth-order valence-corrected chi connectivity index (χ4v) is 3.88. The molecule has 0 unspecified atom stereocenters. The first-order valence-electron chi connectivity index (χ1n) is 6.73. The number of rotatable bonds is 4. The third-order valence-electron chi connectivity index (χ3n) is 3.11. The van der Waals surface area contributed by atoms with Crippen molar-refractivity contribution in [1.29, 1.82) is 0 Å². The number of carbonyl (C=O) groups excluding carboxylic acids is 1. The lowest BCUT2D eigenvalue weighted by molar-refractivity contribution is -0.139. The van der Waals surface area contributed by atoms with E-state index in [9.17, 15) is 4.79 Å². The van der Waals surface area contributed by atoms with Crippen molar-refractivity contribution in [2.45, 2.75) is 45.8 Å². The van der Waals surface area contributed by atoms with Gasteiger partial charge in [0.15, 0.2) is 6.61 Å². The highest BCUT2D eigenvalue weighted by Gasteiger charge is 2.23. The molecule has 0 bridgehead atoms. The standard InChI is InChI=1S/C17H20O2Si/c1-5-20(6-2,7-3)16-14-12-10-8-9-11-13-15-19-17(4)18/h5-7,15H2,1-4H3. The first-order chi connectivity index (χ1) is 9.60. The smallest absolute Gasteiger partial charge is 0.303 e. The molecule has 0 N–H and O–H groups in total. The zero-order chi connectivity index (χ0) is 15.3. The number of ether oxygens (including phenoxy) is 1. The van der Waals surface area contributed by atoms with Crippen molar-refractivity contribution in [2.24, 2.45) is 0 Å². The van der Waals surface area contributed by atoms with Crippen LogP contribution < -0.4 is 0 Å². The molecule has 0 aliphatic rings. The van der Waals surface area contributed by atoms with Crippen LogP contribution in [-0.2, 0) is 9.53 Å². The van der Waals surface area contributed by atoms with Crippen LogP contribution in [0.25, 0.3) is 0 Å². The Labute approximate surface area is 123 Å². The van der Waals surface area contributed by atoms with Gasteiger partial charge in [-0.05, 0) is 59.6 Å². The summed E-state index contributed by atoms with van der Waals surface area (Å²) in [6.07, 6.45) is 0. The summed E-state index contributed by atoms with van der Waals surface area (Å²) >= 11 is 0. The highest BCUT2D eigenvalue weighted by Crippen LogP contribution is 2.18. The van der Waals surface area contributed by atoms with Gasteiger partial charge in [0.25, 0.3) is 0 Å². The van der Waals surface area contributed by atoms with Gasteiger partial charge >= 0.3 is 5.97 Å². The summed E-state index contributed by atoms with van der Waals surface area (Å²) in [5, 5.41) is 0. The predicted octanol–water partition coefficient (Wildman–Crippen LogP) is 2.61. The number of hydrogen-bond acceptors (Lipinski definition) is 2. The van der Waals surface area contributed by atoms with Crippen LogP contribution in [0.3, 0.4) is 0 Å². The molecule has 3 heteroatoms. The van der Waals surface area contributed by atoms with Gasteiger partial charge in [-0.15, -0.1) is 5.54 Å². The normalized spacial score (nSPS) is 8.40. The maximum absolute atomic E-state index is 10.4. The molecule has 0 amide bonds. The summed E-state index contributed by atoms with van der Waals surface area (Å²) in [6, 6.07) is 3.51. The zero-order valence-electron chi connectivity index (χ0n) is 12.6. The van der Waals surface area contributed by atoms with Crippen molar-refractivity contribution in [1.82, 2.24) is 0 Å². The molecule has 0 atom stereocenters. The largest absolute Gasteiger partial charge is 0.453 e. The fourth-order valence-electron chi connectivity index (χ4n) is 1.52. The first kappa shape index (κ1) is 17.9. The lowest BCUT2D eigenvalue weighted by Gasteiger charge is -2.19. The van der Waals surface area contributed by atoms with Crippen LogP contribution in [0, 0.1) is 47.0 Å². The average Bonchev–Trinajstić information content (AvgIpc) is 2.45. The van der Waals surface area contributed by atoms with Gasteiger partial charge < -0.3 is 4.74 Å². The van der Waals surface area contributed by atoms with Crippen LogP contribution in [0.4, 0.5) is 0 Å². The maximum atomic E-state index is 10.4. The molecule has 0 saturated heterocycles. The molecule has 0 fully saturated rings. The molecular weight excluding hydrogens is 264 g/mol. The van der Waals surface area contributed by atoms with Gasteiger partial charge in [-0.25, -0.2) is 0 Å². The van der Waals surface area contributed by atoms with Gasteiger partial charge in [-0.2, -0.15) is 0 Å². The van der Waals surface area contributed by atoms with Crippen LogP contribution in [0.1, 0.15) is 27.7 Å². The Morgan fingerprint density at radius 2 is 1.40 bits per heavy atom. The zero-order valence-corrected chi connectivity index (χ0v) is 13.6. The molecule has 2 nitrogen and oxygen atoms in total. The summed E-state index contributed by atoms with van der Waals surface area (Å²) in [4.78, 5) is 10.4. The van der Waals surface area contributed by atoms with E-state index in [1.807, 2.05) is 0 Å². The van der Waals surface area contributed by atoms with Gasteiger partial charge in [0.05, 0.1) is 0 Å². The van der Waals surface area contributed by atoms with E-state index in [1.165, 1.54) is 25.1 Å². The van der Waals surface area contributed by atoms with Crippen molar-refractivity contribution >= 4 is 14.0 Å². The summed E-state index contributed by atoms with van der Waals surface area (Å²) < 4.78 is 4.63. The van der Waals surface area contributed by atoms with Crippen molar-refractivity contribution in [3.8, 4) is 47.0 Å². The van der Waals surface area contributed by atoms with Crippen LogP contribution in [0.2, 0.25) is 18.1 Å². The van der Waals surface area contributed by atoms with Crippen LogP contribution in [0.15, 0.2) is 0 Å². The number of hydrogen-bond donors (Lipinski definition) is 0. The van der Waals surface area contributed by atoms with Gasteiger partial charge in [0.1, 0.15) is 8.07 Å². The first-order valence-corrected chi connectivity index (χ1v) is 9.35. The molecule has 0 rings (SSSR count). The highest BCUT2D eigenvalue weighted by molar-refractivity contribution is 6.87. The Morgan fingerprint density at radius 1 is 0.900 bits per heavy atom. The quantitative estimate of drug-likeness (QED) is 0.451. The molecule has 0 aliphatic carbocycles. The molecule has 0 aromatic rings. The third-order valence-corrected chi connectivity index (χ3v) is 7.82. The Morgan fingerprint density at radius 3 is 1.90 bits per heavy atom. The monoisotopic (exact) mass is 284 g/mol. The fraction of sp³-hybridized carbons (Fsp3) is 0.471. The minimum Gasteiger partial charge on any atom is -0.453 e. The van der Waals surface area contributed by atoms with E-state index in [-0.39, 0.29) is 12.6 Å². The van der Waals surface area contributed by atoms with E-state index < -0.39 is 8.07 Å². The lowest BCUT2D eigenvalue weighted by atomic mass is 10.5. The van der Waals surface area contributed by atoms with Crippen molar-refractivity contribution < 1.29 is 9.53 Å². The molecule has 104 valence electrons. The summed E-state index contributed by atoms with van der Waals surface area (Å²) in [7, 11) is -1.40. The van der Waals surface area contributed by atoms with Gasteiger partial charge in [-0.3, -0.25) is 4.79 Å². The van der Waals surface area contributed by atoms with Crippen LogP contribution >= 0.6 is 0 Å². The molecule has 0 aromatic carbocycles. The molecule has 0 saturated carbocycles. The molecule has 0 spiro atoms. The van der Waals surface area contributed by atoms with Gasteiger partial charge in [0.2, 0.25) is 0 Å². The molecule has 20 heavy (non-hydrogen) atoms. The second kappa shape index (κ2) is 10.8. The van der Waals surface area contributed by atoms with E-state index in [0.717, 1.165) is 0 Å². The predicted molar refractivity (Wildman–Crippen MR) is 84.9 cm³/mol. The van der Waals surface area contributed by atoms with E-state index in [2.05, 4.69) is 72.5 Å². The molecule has 0 heterocycles. The van der Waals surface area contributed by atoms with Gasteiger partial charge in [-0.1, -0.05) is 20.8 Å². The maximum Gasteiger partial charge on any atom is 0.303 e. The van der Waals surface area contributed by atoms with Crippen molar-refractivity contribution in [3.05, 3.63) is 0 Å².